The van der Waals surface area contributed by atoms with Crippen LogP contribution in [0.3, 0.4) is 0 Å². The van der Waals surface area contributed by atoms with E-state index in [-0.39, 0.29) is 6.04 Å². The molecule has 0 amide bonds. The summed E-state index contributed by atoms with van der Waals surface area (Å²) in [4.78, 5) is 19.7. The molecule has 1 saturated heterocycles. The molecule has 0 spiro atoms. The van der Waals surface area contributed by atoms with E-state index in [1.807, 2.05) is 18.3 Å². The zero-order chi connectivity index (χ0) is 22.0. The summed E-state index contributed by atoms with van der Waals surface area (Å²) in [7, 11) is 1.73. The van der Waals surface area contributed by atoms with Gasteiger partial charge in [0.2, 0.25) is 0 Å². The van der Waals surface area contributed by atoms with Crippen molar-refractivity contribution in [2.24, 2.45) is 0 Å². The summed E-state index contributed by atoms with van der Waals surface area (Å²) in [5.74, 6) is 0.0273. The molecule has 1 aliphatic rings. The van der Waals surface area contributed by atoms with E-state index in [1.165, 1.54) is 16.5 Å². The molecule has 1 fully saturated rings. The second-order valence-corrected chi connectivity index (χ2v) is 8.35. The van der Waals surface area contributed by atoms with Crippen molar-refractivity contribution in [1.82, 2.24) is 14.8 Å². The van der Waals surface area contributed by atoms with E-state index >= 15 is 0 Å². The summed E-state index contributed by atoms with van der Waals surface area (Å²) in [5.41, 5.74) is 5.00. The maximum Gasteiger partial charge on any atom is 0.335 e. The third kappa shape index (κ3) is 4.31. The first-order valence-corrected chi connectivity index (χ1v) is 10.9. The number of hydrogen-bond donors (Lipinski definition) is 2. The van der Waals surface area contributed by atoms with Crippen LogP contribution in [0.4, 0.5) is 0 Å². The van der Waals surface area contributed by atoms with Gasteiger partial charge in [0.1, 0.15) is 5.75 Å². The van der Waals surface area contributed by atoms with Crippen LogP contribution in [0.2, 0.25) is 0 Å². The minimum atomic E-state index is -0.890. The zero-order valence-electron chi connectivity index (χ0n) is 18.5. The third-order valence-electron chi connectivity index (χ3n) is 6.35. The molecule has 2 N–H and O–H groups in total. The minimum absolute atomic E-state index is 0.197. The SMILES string of the molecule is CCCN1CCN(Cc2c(OC)cc(C)c3[nH]ccc23)[C@@H](c2ccc(C(=O)O)cc2)C1. The number of nitrogens with zero attached hydrogens (tertiary/aromatic N) is 2. The molecular formula is C25H31N3O3. The third-order valence-corrected chi connectivity index (χ3v) is 6.35. The highest BCUT2D eigenvalue weighted by molar-refractivity contribution is 5.88. The van der Waals surface area contributed by atoms with E-state index in [1.54, 1.807) is 19.2 Å². The molecule has 0 saturated carbocycles. The van der Waals surface area contributed by atoms with Crippen molar-refractivity contribution in [3.05, 3.63) is 64.8 Å². The maximum absolute atomic E-state index is 11.3. The fourth-order valence-electron chi connectivity index (χ4n) is 4.73. The normalized spacial score (nSPS) is 17.8. The molecule has 0 bridgehead atoms. The van der Waals surface area contributed by atoms with Crippen LogP contribution < -0.4 is 4.74 Å². The van der Waals surface area contributed by atoms with Gasteiger partial charge in [0, 0.05) is 54.9 Å². The summed E-state index contributed by atoms with van der Waals surface area (Å²) in [6, 6.07) is 11.8. The Bertz CT molecular complexity index is 1060. The molecule has 1 aliphatic heterocycles. The van der Waals surface area contributed by atoms with Gasteiger partial charge in [0.25, 0.3) is 0 Å². The largest absolute Gasteiger partial charge is 0.496 e. The first-order valence-electron chi connectivity index (χ1n) is 10.9. The van der Waals surface area contributed by atoms with E-state index in [0.29, 0.717) is 5.56 Å². The topological polar surface area (TPSA) is 68.8 Å². The van der Waals surface area contributed by atoms with Crippen molar-refractivity contribution in [2.75, 3.05) is 33.3 Å². The highest BCUT2D eigenvalue weighted by atomic mass is 16.5. The van der Waals surface area contributed by atoms with E-state index in [9.17, 15) is 9.90 Å². The molecule has 4 rings (SSSR count). The monoisotopic (exact) mass is 421 g/mol. The second-order valence-electron chi connectivity index (χ2n) is 8.35. The summed E-state index contributed by atoms with van der Waals surface area (Å²) >= 11 is 0. The van der Waals surface area contributed by atoms with E-state index in [4.69, 9.17) is 4.74 Å². The molecule has 0 aliphatic carbocycles. The van der Waals surface area contributed by atoms with Gasteiger partial charge in [-0.15, -0.1) is 0 Å². The molecule has 6 heteroatoms. The van der Waals surface area contributed by atoms with Crippen molar-refractivity contribution >= 4 is 16.9 Å². The van der Waals surface area contributed by atoms with Gasteiger partial charge in [0.05, 0.1) is 12.7 Å². The van der Waals surface area contributed by atoms with Gasteiger partial charge in [-0.3, -0.25) is 4.90 Å². The van der Waals surface area contributed by atoms with Gasteiger partial charge in [-0.05, 0) is 55.3 Å². The Balaban J connectivity index is 1.69. The number of carboxylic acid groups (broad SMARTS) is 1. The van der Waals surface area contributed by atoms with Crippen LogP contribution in [0.5, 0.6) is 5.75 Å². The molecule has 2 heterocycles. The maximum atomic E-state index is 11.3. The second kappa shape index (κ2) is 9.12. The number of benzene rings is 2. The number of ether oxygens (including phenoxy) is 1. The summed E-state index contributed by atoms with van der Waals surface area (Å²) in [6.07, 6.45) is 3.11. The molecule has 0 unspecified atom stereocenters. The van der Waals surface area contributed by atoms with Gasteiger partial charge in [0.15, 0.2) is 0 Å². The smallest absolute Gasteiger partial charge is 0.335 e. The predicted octanol–water partition coefficient (Wildman–Crippen LogP) is 4.45. The molecular weight excluding hydrogens is 390 g/mol. The fourth-order valence-corrected chi connectivity index (χ4v) is 4.73. The number of aromatic nitrogens is 1. The number of rotatable bonds is 7. The highest BCUT2D eigenvalue weighted by Gasteiger charge is 2.29. The van der Waals surface area contributed by atoms with Crippen molar-refractivity contribution in [3.8, 4) is 5.75 Å². The number of piperazine rings is 1. The van der Waals surface area contributed by atoms with Crippen molar-refractivity contribution in [2.45, 2.75) is 32.9 Å². The quantitative estimate of drug-likeness (QED) is 0.590. The number of aromatic carboxylic acids is 1. The van der Waals surface area contributed by atoms with Crippen LogP contribution in [0.25, 0.3) is 10.9 Å². The van der Waals surface area contributed by atoms with Gasteiger partial charge < -0.3 is 19.7 Å². The Morgan fingerprint density at radius 3 is 2.68 bits per heavy atom. The van der Waals surface area contributed by atoms with Gasteiger partial charge in [-0.25, -0.2) is 4.79 Å². The average Bonchev–Trinajstić information content (AvgIpc) is 3.27. The Kier molecular flexibility index (Phi) is 6.30. The van der Waals surface area contributed by atoms with Crippen molar-refractivity contribution < 1.29 is 14.6 Å². The molecule has 1 atom stereocenters. The molecule has 6 nitrogen and oxygen atoms in total. The first kappa shape index (κ1) is 21.4. The Morgan fingerprint density at radius 1 is 1.23 bits per heavy atom. The van der Waals surface area contributed by atoms with E-state index in [0.717, 1.165) is 56.0 Å². The average molecular weight is 422 g/mol. The number of carboxylic acids is 1. The van der Waals surface area contributed by atoms with Crippen LogP contribution in [0.1, 0.15) is 46.4 Å². The number of carbonyl (C=O) groups is 1. The van der Waals surface area contributed by atoms with Gasteiger partial charge in [-0.2, -0.15) is 0 Å². The first-order chi connectivity index (χ1) is 15.0. The Labute approximate surface area is 183 Å². The summed E-state index contributed by atoms with van der Waals surface area (Å²) in [5, 5.41) is 10.5. The molecule has 0 radical (unpaired) electrons. The molecule has 31 heavy (non-hydrogen) atoms. The lowest BCUT2D eigenvalue weighted by atomic mass is 9.98. The molecule has 164 valence electrons. The molecule has 1 aromatic heterocycles. The lowest BCUT2D eigenvalue weighted by molar-refractivity contribution is 0.0674. The van der Waals surface area contributed by atoms with Crippen LogP contribution in [0, 0.1) is 6.92 Å². The number of H-pyrrole nitrogens is 1. The van der Waals surface area contributed by atoms with Crippen molar-refractivity contribution in [3.63, 3.8) is 0 Å². The number of aryl methyl sites for hydroxylation is 1. The number of methoxy groups -OCH3 is 1. The zero-order valence-corrected chi connectivity index (χ0v) is 18.5. The van der Waals surface area contributed by atoms with Crippen LogP contribution in [-0.2, 0) is 6.54 Å². The van der Waals surface area contributed by atoms with Crippen LogP contribution >= 0.6 is 0 Å². The van der Waals surface area contributed by atoms with E-state index < -0.39 is 5.97 Å². The standard InChI is InChI=1S/C25H31N3O3/c1-4-11-27-12-13-28(22(16-27)18-5-7-19(8-6-18)25(29)30)15-21-20-9-10-26-24(20)17(2)14-23(21)31-3/h5-10,14,22,26H,4,11-13,15-16H2,1-3H3,(H,29,30)/t22-/m1/s1. The molecule has 2 aromatic carbocycles. The molecule has 3 aromatic rings. The number of nitrogens with one attached hydrogen (secondary N) is 1. The number of aromatic amines is 1. The Hall–Kier alpha value is -2.83. The van der Waals surface area contributed by atoms with Gasteiger partial charge >= 0.3 is 5.97 Å². The number of fused-ring (bicyclic) bond motifs is 1. The van der Waals surface area contributed by atoms with Crippen LogP contribution in [0.15, 0.2) is 42.6 Å². The summed E-state index contributed by atoms with van der Waals surface area (Å²) in [6.45, 7) is 9.09. The highest BCUT2D eigenvalue weighted by Crippen LogP contribution is 2.35. The summed E-state index contributed by atoms with van der Waals surface area (Å²) < 4.78 is 5.77. The van der Waals surface area contributed by atoms with Crippen LogP contribution in [-0.4, -0.2) is 59.1 Å². The minimum Gasteiger partial charge on any atom is -0.496 e. The van der Waals surface area contributed by atoms with E-state index in [2.05, 4.69) is 40.8 Å². The fraction of sp³-hybridized carbons (Fsp3) is 0.400. The lowest BCUT2D eigenvalue weighted by Gasteiger charge is -2.42. The van der Waals surface area contributed by atoms with Crippen molar-refractivity contribution in [1.29, 1.82) is 0 Å². The predicted molar refractivity (Wildman–Crippen MR) is 123 cm³/mol. The van der Waals surface area contributed by atoms with Gasteiger partial charge in [-0.1, -0.05) is 19.1 Å². The Morgan fingerprint density at radius 2 is 2.00 bits per heavy atom. The number of hydrogen-bond acceptors (Lipinski definition) is 4. The lowest BCUT2D eigenvalue weighted by Crippen LogP contribution is -2.48.